The Balaban J connectivity index is 1.71. The van der Waals surface area contributed by atoms with E-state index in [9.17, 15) is 9.90 Å². The summed E-state index contributed by atoms with van der Waals surface area (Å²) in [7, 11) is 0. The molecule has 2 aliphatic heterocycles. The molecule has 118 valence electrons. The van der Waals surface area contributed by atoms with E-state index in [2.05, 4.69) is 0 Å². The lowest BCUT2D eigenvalue weighted by Crippen LogP contribution is -2.39. The van der Waals surface area contributed by atoms with Crippen molar-refractivity contribution in [3.63, 3.8) is 0 Å². The zero-order chi connectivity index (χ0) is 16.2. The Morgan fingerprint density at radius 3 is 2.83 bits per heavy atom. The van der Waals surface area contributed by atoms with Gasteiger partial charge in [0.15, 0.2) is 5.76 Å². The maximum Gasteiger partial charge on any atom is 0.232 e. The average molecular weight is 312 g/mol. The van der Waals surface area contributed by atoms with Crippen LogP contribution in [0.1, 0.15) is 35.5 Å². The molecule has 5 nitrogen and oxygen atoms in total. The van der Waals surface area contributed by atoms with Crippen LogP contribution in [0.25, 0.3) is 6.08 Å². The van der Waals surface area contributed by atoms with Gasteiger partial charge >= 0.3 is 0 Å². The molecule has 4 rings (SSSR count). The van der Waals surface area contributed by atoms with Crippen LogP contribution in [0.15, 0.2) is 40.7 Å². The number of aliphatic hydroxyl groups is 1. The van der Waals surface area contributed by atoms with Crippen LogP contribution in [-0.2, 0) is 6.42 Å². The molecule has 2 aromatic rings. The molecule has 0 aliphatic carbocycles. The summed E-state index contributed by atoms with van der Waals surface area (Å²) in [6, 6.07) is 6.96. The number of fused-ring (bicyclic) bond motifs is 3. The zero-order valence-electron chi connectivity index (χ0n) is 12.8. The largest absolute Gasteiger partial charge is 0.487 e. The summed E-state index contributed by atoms with van der Waals surface area (Å²) in [6.45, 7) is 3.41. The third kappa shape index (κ3) is 2.24. The minimum Gasteiger partial charge on any atom is -0.487 e. The number of furan rings is 1. The molecule has 2 aliphatic rings. The van der Waals surface area contributed by atoms with Gasteiger partial charge in [-0.2, -0.15) is 0 Å². The molecule has 0 bridgehead atoms. The minimum absolute atomic E-state index is 0.175. The topological polar surface area (TPSA) is 68.9 Å². The van der Waals surface area contributed by atoms with Crippen molar-refractivity contribution in [1.82, 2.24) is 0 Å². The summed E-state index contributed by atoms with van der Waals surface area (Å²) in [5, 5.41) is 10.2. The Labute approximate surface area is 133 Å². The second-order valence-corrected chi connectivity index (χ2v) is 6.34. The number of rotatable bonds is 2. The monoisotopic (exact) mass is 312 g/mol. The smallest absolute Gasteiger partial charge is 0.232 e. The molecule has 1 atom stereocenters. The van der Waals surface area contributed by atoms with Crippen LogP contribution >= 0.6 is 0 Å². The van der Waals surface area contributed by atoms with Crippen molar-refractivity contribution in [2.24, 2.45) is 0 Å². The fraction of sp³-hybridized carbons (Fsp3) is 0.278. The van der Waals surface area contributed by atoms with E-state index in [0.717, 1.165) is 5.56 Å². The number of carbonyl (C=O) groups excluding carboxylic acids is 1. The van der Waals surface area contributed by atoms with Crippen molar-refractivity contribution in [2.75, 3.05) is 0 Å². The van der Waals surface area contributed by atoms with Crippen LogP contribution in [0, 0.1) is 0 Å². The number of Topliss-reactive ketones (excluding diaryl/α,β-unsaturated/α-hetero) is 1. The third-order valence-corrected chi connectivity index (χ3v) is 4.16. The molecule has 0 spiro atoms. The lowest BCUT2D eigenvalue weighted by molar-refractivity contribution is -0.0229. The van der Waals surface area contributed by atoms with Crippen LogP contribution in [0.3, 0.4) is 0 Å². The quantitative estimate of drug-likeness (QED) is 0.863. The Kier molecular flexibility index (Phi) is 2.90. The second-order valence-electron chi connectivity index (χ2n) is 6.34. The van der Waals surface area contributed by atoms with Gasteiger partial charge in [-0.3, -0.25) is 4.79 Å². The molecule has 23 heavy (non-hydrogen) atoms. The highest BCUT2D eigenvalue weighted by atomic mass is 16.5. The summed E-state index contributed by atoms with van der Waals surface area (Å²) >= 11 is 0. The summed E-state index contributed by atoms with van der Waals surface area (Å²) < 4.78 is 16.8. The number of carbonyl (C=O) groups is 1. The second kappa shape index (κ2) is 4.73. The molecule has 1 N–H and O–H groups in total. The van der Waals surface area contributed by atoms with E-state index in [1.807, 2.05) is 0 Å². The number of benzene rings is 1. The van der Waals surface area contributed by atoms with Gasteiger partial charge in [-0.05, 0) is 38.1 Å². The van der Waals surface area contributed by atoms with Crippen LogP contribution in [-0.4, -0.2) is 22.6 Å². The number of ketones is 1. The predicted octanol–water partition coefficient (Wildman–Crippen LogP) is 2.97. The van der Waals surface area contributed by atoms with E-state index < -0.39 is 5.60 Å². The molecule has 0 saturated carbocycles. The van der Waals surface area contributed by atoms with Crippen LogP contribution in [0.5, 0.6) is 11.5 Å². The molecule has 0 amide bonds. The maximum atomic E-state index is 12.5. The Morgan fingerprint density at radius 2 is 2.13 bits per heavy atom. The van der Waals surface area contributed by atoms with Crippen molar-refractivity contribution in [3.8, 4) is 11.5 Å². The number of hydrogen-bond donors (Lipinski definition) is 1. The molecular formula is C18H16O5. The van der Waals surface area contributed by atoms with Crippen LogP contribution in [0.4, 0.5) is 0 Å². The first-order chi connectivity index (χ1) is 10.9. The van der Waals surface area contributed by atoms with Gasteiger partial charge in [0.1, 0.15) is 23.4 Å². The zero-order valence-corrected chi connectivity index (χ0v) is 12.8. The molecule has 1 aromatic heterocycles. The Hall–Kier alpha value is -2.53. The van der Waals surface area contributed by atoms with Crippen molar-refractivity contribution >= 4 is 11.9 Å². The van der Waals surface area contributed by atoms with E-state index in [4.69, 9.17) is 13.9 Å². The average Bonchev–Trinajstić information content (AvgIpc) is 3.18. The van der Waals surface area contributed by atoms with Crippen molar-refractivity contribution in [3.05, 3.63) is 53.2 Å². The molecular weight excluding hydrogens is 296 g/mol. The highest BCUT2D eigenvalue weighted by molar-refractivity contribution is 6.14. The van der Waals surface area contributed by atoms with E-state index >= 15 is 0 Å². The Bertz CT molecular complexity index is 809. The van der Waals surface area contributed by atoms with E-state index in [-0.39, 0.29) is 17.6 Å². The van der Waals surface area contributed by atoms with Gasteiger partial charge in [0, 0.05) is 18.1 Å². The Morgan fingerprint density at radius 1 is 1.30 bits per heavy atom. The summed E-state index contributed by atoms with van der Waals surface area (Å²) in [5.74, 6) is 1.80. The summed E-state index contributed by atoms with van der Waals surface area (Å²) in [4.78, 5) is 12.5. The van der Waals surface area contributed by atoms with Crippen molar-refractivity contribution in [2.45, 2.75) is 32.0 Å². The number of ether oxygens (including phenoxy) is 2. The van der Waals surface area contributed by atoms with Crippen LogP contribution < -0.4 is 9.47 Å². The van der Waals surface area contributed by atoms with Gasteiger partial charge in [0.25, 0.3) is 0 Å². The fourth-order valence-corrected chi connectivity index (χ4v) is 2.87. The SMILES string of the molecule is CC(C)(O)[C@H]1Cc2c(ccc3c2O/C(=C\c2ccco2)C3=O)O1. The number of allylic oxidation sites excluding steroid dienone is 1. The summed E-state index contributed by atoms with van der Waals surface area (Å²) in [6.07, 6.45) is 3.26. The molecule has 3 heterocycles. The first kappa shape index (κ1) is 14.1. The van der Waals surface area contributed by atoms with Gasteiger partial charge in [-0.25, -0.2) is 0 Å². The molecule has 0 fully saturated rings. The molecule has 0 unspecified atom stereocenters. The van der Waals surface area contributed by atoms with Crippen LogP contribution in [0.2, 0.25) is 0 Å². The lowest BCUT2D eigenvalue weighted by Gasteiger charge is -2.24. The van der Waals surface area contributed by atoms with E-state index in [1.54, 1.807) is 50.5 Å². The van der Waals surface area contributed by atoms with Gasteiger partial charge in [-0.15, -0.1) is 0 Å². The molecule has 5 heteroatoms. The molecule has 0 saturated heterocycles. The summed E-state index contributed by atoms with van der Waals surface area (Å²) in [5.41, 5.74) is 0.369. The highest BCUT2D eigenvalue weighted by Gasteiger charge is 2.40. The van der Waals surface area contributed by atoms with Gasteiger partial charge in [0.2, 0.25) is 5.78 Å². The van der Waals surface area contributed by atoms with E-state index in [0.29, 0.717) is 29.2 Å². The van der Waals surface area contributed by atoms with Gasteiger partial charge < -0.3 is 19.0 Å². The first-order valence-electron chi connectivity index (χ1n) is 7.46. The first-order valence-corrected chi connectivity index (χ1v) is 7.46. The molecule has 0 radical (unpaired) electrons. The van der Waals surface area contributed by atoms with Gasteiger partial charge in [-0.1, -0.05) is 0 Å². The predicted molar refractivity (Wildman–Crippen MR) is 82.5 cm³/mol. The highest BCUT2D eigenvalue weighted by Crippen LogP contribution is 2.45. The lowest BCUT2D eigenvalue weighted by atomic mass is 9.96. The standard InChI is InChI=1S/C18H16O5/c1-18(2,20)15-9-12-13(22-15)6-5-11-16(19)14(23-17(11)12)8-10-4-3-7-21-10/h3-8,15,20H,9H2,1-2H3/b14-8-/t15-/m1/s1. The van der Waals surface area contributed by atoms with Crippen molar-refractivity contribution < 1.29 is 23.8 Å². The third-order valence-electron chi connectivity index (χ3n) is 4.16. The fourth-order valence-electron chi connectivity index (χ4n) is 2.87. The van der Waals surface area contributed by atoms with Crippen molar-refractivity contribution in [1.29, 1.82) is 0 Å². The van der Waals surface area contributed by atoms with E-state index in [1.165, 1.54) is 0 Å². The minimum atomic E-state index is -0.971. The van der Waals surface area contributed by atoms with Gasteiger partial charge in [0.05, 0.1) is 17.4 Å². The maximum absolute atomic E-state index is 12.5. The number of hydrogen-bond acceptors (Lipinski definition) is 5. The normalized spacial score (nSPS) is 21.1. The molecule has 1 aromatic carbocycles.